The number of aromatic nitrogens is 1. The fourth-order valence-electron chi connectivity index (χ4n) is 3.49. The van der Waals surface area contributed by atoms with Crippen LogP contribution in [0.1, 0.15) is 50.3 Å². The number of hydrogen-bond donors (Lipinski definition) is 0. The summed E-state index contributed by atoms with van der Waals surface area (Å²) in [6.45, 7) is 9.06. The number of rotatable bonds is 3. The lowest BCUT2D eigenvalue weighted by atomic mass is 9.99. The van der Waals surface area contributed by atoms with Crippen molar-refractivity contribution in [3.63, 3.8) is 0 Å². The number of halogens is 1. The van der Waals surface area contributed by atoms with Crippen LogP contribution in [0.5, 0.6) is 0 Å². The Kier molecular flexibility index (Phi) is 4.70. The molecule has 0 aromatic carbocycles. The van der Waals surface area contributed by atoms with Gasteiger partial charge in [-0.1, -0.05) is 20.3 Å². The SMILES string of the molecule is CC(C)c1cc(CCl)cc(N2CCN3CCCCC3C2)n1. The van der Waals surface area contributed by atoms with E-state index in [9.17, 15) is 0 Å². The molecule has 0 aliphatic carbocycles. The summed E-state index contributed by atoms with van der Waals surface area (Å²) in [6.07, 6.45) is 4.08. The van der Waals surface area contributed by atoms with Gasteiger partial charge in [0.25, 0.3) is 0 Å². The summed E-state index contributed by atoms with van der Waals surface area (Å²) in [7, 11) is 0. The summed E-state index contributed by atoms with van der Waals surface area (Å²) >= 11 is 6.07. The van der Waals surface area contributed by atoms with Gasteiger partial charge in [-0.15, -0.1) is 11.6 Å². The van der Waals surface area contributed by atoms with Crippen LogP contribution in [0.3, 0.4) is 0 Å². The zero-order chi connectivity index (χ0) is 14.8. The van der Waals surface area contributed by atoms with Crippen LogP contribution in [0.15, 0.2) is 12.1 Å². The van der Waals surface area contributed by atoms with Gasteiger partial charge in [0.1, 0.15) is 5.82 Å². The van der Waals surface area contributed by atoms with Crippen LogP contribution in [0.25, 0.3) is 0 Å². The maximum atomic E-state index is 6.07. The van der Waals surface area contributed by atoms with Crippen LogP contribution in [0.2, 0.25) is 0 Å². The van der Waals surface area contributed by atoms with E-state index in [1.54, 1.807) is 0 Å². The maximum absolute atomic E-state index is 6.07. The topological polar surface area (TPSA) is 19.4 Å². The molecule has 2 aliphatic rings. The van der Waals surface area contributed by atoms with Gasteiger partial charge in [0.15, 0.2) is 0 Å². The summed E-state index contributed by atoms with van der Waals surface area (Å²) in [4.78, 5) is 10.0. The standard InChI is InChI=1S/C17H26ClN3/c1-13(2)16-9-14(11-18)10-17(19-16)21-8-7-20-6-4-3-5-15(20)12-21/h9-10,13,15H,3-8,11-12H2,1-2H3. The molecule has 0 spiro atoms. The van der Waals surface area contributed by atoms with Crippen LogP contribution in [0.4, 0.5) is 5.82 Å². The van der Waals surface area contributed by atoms with Gasteiger partial charge < -0.3 is 4.90 Å². The highest BCUT2D eigenvalue weighted by atomic mass is 35.5. The lowest BCUT2D eigenvalue weighted by Gasteiger charge is -2.44. The first-order valence-electron chi connectivity index (χ1n) is 8.23. The second-order valence-corrected chi connectivity index (χ2v) is 6.95. The second kappa shape index (κ2) is 6.53. The van der Waals surface area contributed by atoms with Crippen molar-refractivity contribution in [1.29, 1.82) is 0 Å². The van der Waals surface area contributed by atoms with Gasteiger partial charge in [-0.05, 0) is 43.0 Å². The molecule has 3 rings (SSSR count). The van der Waals surface area contributed by atoms with Gasteiger partial charge in [-0.3, -0.25) is 4.90 Å². The molecule has 0 amide bonds. The first-order valence-corrected chi connectivity index (χ1v) is 8.76. The predicted octanol–water partition coefficient (Wildman–Crippen LogP) is 3.62. The number of piperidine rings is 1. The Hall–Kier alpha value is -0.800. The molecule has 1 aromatic heterocycles. The summed E-state index contributed by atoms with van der Waals surface area (Å²) in [5, 5.41) is 0. The molecule has 0 bridgehead atoms. The van der Waals surface area contributed by atoms with Crippen molar-refractivity contribution >= 4 is 17.4 Å². The smallest absolute Gasteiger partial charge is 0.129 e. The predicted molar refractivity (Wildman–Crippen MR) is 89.3 cm³/mol. The molecule has 116 valence electrons. The average molecular weight is 308 g/mol. The lowest BCUT2D eigenvalue weighted by molar-refractivity contribution is 0.133. The molecule has 2 aliphatic heterocycles. The van der Waals surface area contributed by atoms with Crippen molar-refractivity contribution in [3.8, 4) is 0 Å². The van der Waals surface area contributed by atoms with Crippen LogP contribution in [-0.2, 0) is 5.88 Å². The lowest BCUT2D eigenvalue weighted by Crippen LogP contribution is -2.55. The fraction of sp³-hybridized carbons (Fsp3) is 0.706. The average Bonchev–Trinajstić information content (AvgIpc) is 2.53. The molecule has 3 nitrogen and oxygen atoms in total. The highest BCUT2D eigenvalue weighted by molar-refractivity contribution is 6.17. The third kappa shape index (κ3) is 3.35. The van der Waals surface area contributed by atoms with E-state index in [1.807, 2.05) is 0 Å². The largest absolute Gasteiger partial charge is 0.354 e. The van der Waals surface area contributed by atoms with Gasteiger partial charge in [-0.2, -0.15) is 0 Å². The van der Waals surface area contributed by atoms with Crippen molar-refractivity contribution in [1.82, 2.24) is 9.88 Å². The minimum atomic E-state index is 0.447. The molecule has 21 heavy (non-hydrogen) atoms. The summed E-state index contributed by atoms with van der Waals surface area (Å²) in [5.41, 5.74) is 2.35. The number of fused-ring (bicyclic) bond motifs is 1. The summed E-state index contributed by atoms with van der Waals surface area (Å²) < 4.78 is 0. The first kappa shape index (κ1) is 15.1. The first-order chi connectivity index (χ1) is 10.2. The Balaban J connectivity index is 1.81. The van der Waals surface area contributed by atoms with E-state index < -0.39 is 0 Å². The van der Waals surface area contributed by atoms with E-state index in [2.05, 4.69) is 35.8 Å². The van der Waals surface area contributed by atoms with Gasteiger partial charge in [0.05, 0.1) is 0 Å². The summed E-state index contributed by atoms with van der Waals surface area (Å²) in [6, 6.07) is 5.05. The molecular formula is C17H26ClN3. The van der Waals surface area contributed by atoms with E-state index in [0.717, 1.165) is 30.6 Å². The van der Waals surface area contributed by atoms with Crippen molar-refractivity contribution in [2.45, 2.75) is 50.9 Å². The van der Waals surface area contributed by atoms with Crippen LogP contribution >= 0.6 is 11.6 Å². The third-order valence-corrected chi connectivity index (χ3v) is 5.11. The molecule has 1 unspecified atom stereocenters. The fourth-order valence-corrected chi connectivity index (χ4v) is 3.65. The third-order valence-electron chi connectivity index (χ3n) is 4.80. The zero-order valence-corrected chi connectivity index (χ0v) is 13.9. The highest BCUT2D eigenvalue weighted by Gasteiger charge is 2.29. The molecule has 3 heterocycles. The van der Waals surface area contributed by atoms with E-state index in [0.29, 0.717) is 11.8 Å². The van der Waals surface area contributed by atoms with Gasteiger partial charge in [0.2, 0.25) is 0 Å². The Morgan fingerprint density at radius 1 is 1.24 bits per heavy atom. The van der Waals surface area contributed by atoms with Gasteiger partial charge in [0, 0.05) is 37.3 Å². The van der Waals surface area contributed by atoms with Crippen LogP contribution < -0.4 is 4.90 Å². The van der Waals surface area contributed by atoms with Gasteiger partial charge >= 0.3 is 0 Å². The highest BCUT2D eigenvalue weighted by Crippen LogP contribution is 2.26. The Morgan fingerprint density at radius 3 is 2.86 bits per heavy atom. The van der Waals surface area contributed by atoms with Crippen molar-refractivity contribution in [2.75, 3.05) is 31.1 Å². The summed E-state index contributed by atoms with van der Waals surface area (Å²) in [5.74, 6) is 2.14. The van der Waals surface area contributed by atoms with Crippen LogP contribution in [-0.4, -0.2) is 42.1 Å². The second-order valence-electron chi connectivity index (χ2n) is 6.68. The van der Waals surface area contributed by atoms with Crippen molar-refractivity contribution in [2.24, 2.45) is 0 Å². The van der Waals surface area contributed by atoms with Crippen molar-refractivity contribution in [3.05, 3.63) is 23.4 Å². The molecule has 4 heteroatoms. The van der Waals surface area contributed by atoms with Gasteiger partial charge in [-0.25, -0.2) is 4.98 Å². The Morgan fingerprint density at radius 2 is 2.10 bits per heavy atom. The zero-order valence-electron chi connectivity index (χ0n) is 13.2. The van der Waals surface area contributed by atoms with Crippen LogP contribution in [0, 0.1) is 0 Å². The monoisotopic (exact) mass is 307 g/mol. The normalized spacial score (nSPS) is 23.4. The number of hydrogen-bond acceptors (Lipinski definition) is 3. The minimum absolute atomic E-state index is 0.447. The van der Waals surface area contributed by atoms with E-state index in [4.69, 9.17) is 16.6 Å². The molecular weight excluding hydrogens is 282 g/mol. The number of nitrogens with zero attached hydrogens (tertiary/aromatic N) is 3. The Labute approximate surface area is 133 Å². The van der Waals surface area contributed by atoms with E-state index in [-0.39, 0.29) is 0 Å². The molecule has 0 saturated carbocycles. The quantitative estimate of drug-likeness (QED) is 0.795. The molecule has 1 atom stereocenters. The molecule has 0 radical (unpaired) electrons. The number of anilines is 1. The maximum Gasteiger partial charge on any atom is 0.129 e. The van der Waals surface area contributed by atoms with E-state index >= 15 is 0 Å². The Bertz CT molecular complexity index is 489. The minimum Gasteiger partial charge on any atom is -0.354 e. The molecule has 1 aromatic rings. The van der Waals surface area contributed by atoms with Crippen molar-refractivity contribution < 1.29 is 0 Å². The number of pyridine rings is 1. The molecule has 0 N–H and O–H groups in total. The van der Waals surface area contributed by atoms with E-state index in [1.165, 1.54) is 37.9 Å². The molecule has 2 saturated heterocycles. The molecule has 2 fully saturated rings. The number of piperazine rings is 1. The number of alkyl halides is 1.